The molecule has 1 aliphatic heterocycles. The molecule has 1 saturated heterocycles. The van der Waals surface area contributed by atoms with Crippen LogP contribution in [0.5, 0.6) is 0 Å². The zero-order valence-corrected chi connectivity index (χ0v) is 12.6. The van der Waals surface area contributed by atoms with Crippen molar-refractivity contribution in [3.05, 3.63) is 35.1 Å². The molecule has 0 saturated carbocycles. The van der Waals surface area contributed by atoms with Gasteiger partial charge in [0.1, 0.15) is 5.82 Å². The summed E-state index contributed by atoms with van der Waals surface area (Å²) < 4.78 is 13.8. The SMILES string of the molecule is Cc1ccc(F)c(C(=O)N2CCN(CCCCN)CC2)c1. The molecule has 0 spiro atoms. The van der Waals surface area contributed by atoms with Gasteiger partial charge < -0.3 is 10.6 Å². The highest BCUT2D eigenvalue weighted by atomic mass is 19.1. The van der Waals surface area contributed by atoms with Crippen molar-refractivity contribution in [3.8, 4) is 0 Å². The normalized spacial score (nSPS) is 16.2. The molecule has 1 aromatic carbocycles. The van der Waals surface area contributed by atoms with Crippen LogP contribution in [-0.4, -0.2) is 55.0 Å². The van der Waals surface area contributed by atoms with Crippen LogP contribution in [0, 0.1) is 12.7 Å². The van der Waals surface area contributed by atoms with Crippen LogP contribution in [0.25, 0.3) is 0 Å². The lowest BCUT2D eigenvalue weighted by atomic mass is 10.1. The monoisotopic (exact) mass is 293 g/mol. The van der Waals surface area contributed by atoms with Crippen LogP contribution in [0.2, 0.25) is 0 Å². The standard InChI is InChI=1S/C16H24FN3O/c1-13-4-5-15(17)14(12-13)16(21)20-10-8-19(9-11-20)7-3-2-6-18/h4-5,12H,2-3,6-11,18H2,1H3. The fraction of sp³-hybridized carbons (Fsp3) is 0.562. The summed E-state index contributed by atoms with van der Waals surface area (Å²) in [5, 5.41) is 0. The third kappa shape index (κ3) is 4.25. The fourth-order valence-corrected chi connectivity index (χ4v) is 2.63. The average Bonchev–Trinajstić information content (AvgIpc) is 2.50. The van der Waals surface area contributed by atoms with Crippen LogP contribution in [0.3, 0.4) is 0 Å². The largest absolute Gasteiger partial charge is 0.336 e. The maximum Gasteiger partial charge on any atom is 0.256 e. The van der Waals surface area contributed by atoms with Crippen LogP contribution in [-0.2, 0) is 0 Å². The number of rotatable bonds is 5. The molecule has 1 fully saturated rings. The summed E-state index contributed by atoms with van der Waals surface area (Å²) in [6, 6.07) is 4.68. The second-order valence-electron chi connectivity index (χ2n) is 5.61. The Bertz CT molecular complexity index is 484. The number of piperazine rings is 1. The molecule has 0 radical (unpaired) electrons. The summed E-state index contributed by atoms with van der Waals surface area (Å²) in [5.41, 5.74) is 6.58. The van der Waals surface area contributed by atoms with Gasteiger partial charge in [-0.3, -0.25) is 9.69 Å². The number of carbonyl (C=O) groups excluding carboxylic acids is 1. The molecule has 0 bridgehead atoms. The number of nitrogens with zero attached hydrogens (tertiary/aromatic N) is 2. The van der Waals surface area contributed by atoms with Gasteiger partial charge in [-0.2, -0.15) is 0 Å². The molecule has 1 aromatic rings. The first kappa shape index (κ1) is 15.9. The Morgan fingerprint density at radius 1 is 1.24 bits per heavy atom. The second-order valence-corrected chi connectivity index (χ2v) is 5.61. The Hall–Kier alpha value is -1.46. The highest BCUT2D eigenvalue weighted by Gasteiger charge is 2.23. The van der Waals surface area contributed by atoms with Gasteiger partial charge in [-0.25, -0.2) is 4.39 Å². The highest BCUT2D eigenvalue weighted by molar-refractivity contribution is 5.94. The van der Waals surface area contributed by atoms with E-state index in [1.807, 2.05) is 6.92 Å². The van der Waals surface area contributed by atoms with E-state index in [-0.39, 0.29) is 11.5 Å². The van der Waals surface area contributed by atoms with Crippen molar-refractivity contribution in [1.29, 1.82) is 0 Å². The number of unbranched alkanes of at least 4 members (excludes halogenated alkanes) is 1. The molecule has 0 unspecified atom stereocenters. The Labute approximate surface area is 125 Å². The van der Waals surface area contributed by atoms with Crippen LogP contribution in [0.15, 0.2) is 18.2 Å². The number of halogens is 1. The van der Waals surface area contributed by atoms with E-state index in [9.17, 15) is 9.18 Å². The number of benzene rings is 1. The Morgan fingerprint density at radius 3 is 2.62 bits per heavy atom. The number of aryl methyl sites for hydroxylation is 1. The Morgan fingerprint density at radius 2 is 1.95 bits per heavy atom. The highest BCUT2D eigenvalue weighted by Crippen LogP contribution is 2.14. The van der Waals surface area contributed by atoms with Crippen LogP contribution >= 0.6 is 0 Å². The molecule has 2 rings (SSSR count). The summed E-state index contributed by atoms with van der Waals surface area (Å²) in [7, 11) is 0. The van der Waals surface area contributed by atoms with E-state index < -0.39 is 5.82 Å². The second kappa shape index (κ2) is 7.52. The lowest BCUT2D eigenvalue weighted by Crippen LogP contribution is -2.49. The first-order chi connectivity index (χ1) is 10.1. The molecule has 116 valence electrons. The number of nitrogens with two attached hydrogens (primary N) is 1. The summed E-state index contributed by atoms with van der Waals surface area (Å²) >= 11 is 0. The number of hydrogen-bond donors (Lipinski definition) is 1. The lowest BCUT2D eigenvalue weighted by Gasteiger charge is -2.34. The zero-order valence-electron chi connectivity index (χ0n) is 12.6. The van der Waals surface area contributed by atoms with E-state index >= 15 is 0 Å². The van der Waals surface area contributed by atoms with Crippen molar-refractivity contribution in [2.75, 3.05) is 39.3 Å². The first-order valence-corrected chi connectivity index (χ1v) is 7.59. The summed E-state index contributed by atoms with van der Waals surface area (Å²) in [6.45, 7) is 6.64. The van der Waals surface area contributed by atoms with Crippen molar-refractivity contribution in [3.63, 3.8) is 0 Å². The average molecular weight is 293 g/mol. The van der Waals surface area contributed by atoms with E-state index in [1.54, 1.807) is 17.0 Å². The van der Waals surface area contributed by atoms with Gasteiger partial charge in [0.2, 0.25) is 0 Å². The van der Waals surface area contributed by atoms with Gasteiger partial charge in [-0.05, 0) is 45.0 Å². The summed E-state index contributed by atoms with van der Waals surface area (Å²) in [5.74, 6) is -0.631. The number of hydrogen-bond acceptors (Lipinski definition) is 3. The van der Waals surface area contributed by atoms with Gasteiger partial charge in [-0.1, -0.05) is 11.6 Å². The lowest BCUT2D eigenvalue weighted by molar-refractivity contribution is 0.0631. The van der Waals surface area contributed by atoms with Gasteiger partial charge in [0.05, 0.1) is 5.56 Å². The van der Waals surface area contributed by atoms with Crippen LogP contribution < -0.4 is 5.73 Å². The fourth-order valence-electron chi connectivity index (χ4n) is 2.63. The molecule has 2 N–H and O–H groups in total. The van der Waals surface area contributed by atoms with Crippen molar-refractivity contribution >= 4 is 5.91 Å². The predicted molar refractivity (Wildman–Crippen MR) is 81.8 cm³/mol. The van der Waals surface area contributed by atoms with Crippen LogP contribution in [0.4, 0.5) is 4.39 Å². The first-order valence-electron chi connectivity index (χ1n) is 7.59. The van der Waals surface area contributed by atoms with E-state index in [2.05, 4.69) is 4.90 Å². The maximum atomic E-state index is 13.8. The third-order valence-electron chi connectivity index (χ3n) is 3.94. The van der Waals surface area contributed by atoms with Crippen molar-refractivity contribution in [1.82, 2.24) is 9.80 Å². The maximum absolute atomic E-state index is 13.8. The molecular formula is C16H24FN3O. The molecular weight excluding hydrogens is 269 g/mol. The van der Waals surface area contributed by atoms with Gasteiger partial charge in [0, 0.05) is 26.2 Å². The van der Waals surface area contributed by atoms with E-state index in [4.69, 9.17) is 5.73 Å². The molecule has 0 atom stereocenters. The smallest absolute Gasteiger partial charge is 0.256 e. The van der Waals surface area contributed by atoms with Crippen molar-refractivity contribution < 1.29 is 9.18 Å². The molecule has 1 aliphatic rings. The molecule has 1 amide bonds. The van der Waals surface area contributed by atoms with Gasteiger partial charge >= 0.3 is 0 Å². The molecule has 0 aromatic heterocycles. The topological polar surface area (TPSA) is 49.6 Å². The zero-order chi connectivity index (χ0) is 15.2. The van der Waals surface area contributed by atoms with Gasteiger partial charge in [-0.15, -0.1) is 0 Å². The molecule has 21 heavy (non-hydrogen) atoms. The summed E-state index contributed by atoms with van der Waals surface area (Å²) in [6.07, 6.45) is 2.13. The summed E-state index contributed by atoms with van der Waals surface area (Å²) in [4.78, 5) is 16.5. The van der Waals surface area contributed by atoms with E-state index in [0.717, 1.165) is 44.6 Å². The minimum Gasteiger partial charge on any atom is -0.336 e. The van der Waals surface area contributed by atoms with E-state index in [1.165, 1.54) is 6.07 Å². The van der Waals surface area contributed by atoms with E-state index in [0.29, 0.717) is 13.1 Å². The molecule has 0 aliphatic carbocycles. The quantitative estimate of drug-likeness (QED) is 0.840. The van der Waals surface area contributed by atoms with Gasteiger partial charge in [0.25, 0.3) is 5.91 Å². The molecule has 4 nitrogen and oxygen atoms in total. The van der Waals surface area contributed by atoms with Crippen LogP contribution in [0.1, 0.15) is 28.8 Å². The third-order valence-corrected chi connectivity index (χ3v) is 3.94. The van der Waals surface area contributed by atoms with Gasteiger partial charge in [0.15, 0.2) is 0 Å². The van der Waals surface area contributed by atoms with Crippen molar-refractivity contribution in [2.24, 2.45) is 5.73 Å². The minimum atomic E-state index is -0.434. The predicted octanol–water partition coefficient (Wildman–Crippen LogP) is 1.63. The van der Waals surface area contributed by atoms with Crippen molar-refractivity contribution in [2.45, 2.75) is 19.8 Å². The Kier molecular flexibility index (Phi) is 5.70. The minimum absolute atomic E-state index is 0.187. The number of carbonyl (C=O) groups is 1. The molecule has 1 heterocycles. The Balaban J connectivity index is 1.89. The molecule has 5 heteroatoms. The number of amides is 1.